The van der Waals surface area contributed by atoms with Crippen molar-refractivity contribution in [3.63, 3.8) is 0 Å². The van der Waals surface area contributed by atoms with E-state index in [0.717, 1.165) is 23.1 Å². The summed E-state index contributed by atoms with van der Waals surface area (Å²) in [6, 6.07) is 16.6. The summed E-state index contributed by atoms with van der Waals surface area (Å²) in [5.41, 5.74) is 8.73. The minimum Gasteiger partial charge on any atom is -0.497 e. The summed E-state index contributed by atoms with van der Waals surface area (Å²) in [4.78, 5) is 28.7. The first-order chi connectivity index (χ1) is 21.8. The fraction of sp³-hybridized carbons (Fsp3) is 0.400. The van der Waals surface area contributed by atoms with Crippen molar-refractivity contribution in [3.05, 3.63) is 76.4 Å². The van der Waals surface area contributed by atoms with Crippen molar-refractivity contribution in [2.45, 2.75) is 57.0 Å². The Kier molecular flexibility index (Phi) is 9.63. The maximum atomic E-state index is 13.7. The lowest BCUT2D eigenvalue weighted by atomic mass is 9.94. The molecular formula is C35H38N2O6S2. The number of fused-ring (bicyclic) bond motifs is 2. The smallest absolute Gasteiger partial charge is 0.323 e. The third kappa shape index (κ3) is 6.83. The van der Waals surface area contributed by atoms with Gasteiger partial charge in [-0.15, -0.1) is 0 Å². The Morgan fingerprint density at radius 2 is 1.96 bits per heavy atom. The molecule has 1 saturated heterocycles. The van der Waals surface area contributed by atoms with E-state index in [4.69, 9.17) is 36.6 Å². The van der Waals surface area contributed by atoms with Crippen LogP contribution in [-0.4, -0.2) is 54.0 Å². The third-order valence-electron chi connectivity index (χ3n) is 9.07. The highest BCUT2D eigenvalue weighted by atomic mass is 32.2. The van der Waals surface area contributed by atoms with E-state index in [-0.39, 0.29) is 18.6 Å². The second kappa shape index (κ2) is 13.8. The number of aryl methyl sites for hydroxylation is 1. The number of esters is 1. The Hall–Kier alpha value is -3.60. The summed E-state index contributed by atoms with van der Waals surface area (Å²) in [7, 11) is 3.20. The van der Waals surface area contributed by atoms with Gasteiger partial charge >= 0.3 is 5.97 Å². The lowest BCUT2D eigenvalue weighted by Gasteiger charge is -2.30. The zero-order chi connectivity index (χ0) is 31.5. The summed E-state index contributed by atoms with van der Waals surface area (Å²) in [5.74, 6) is 3.20. The van der Waals surface area contributed by atoms with Crippen molar-refractivity contribution in [3.8, 4) is 22.8 Å². The lowest BCUT2D eigenvalue weighted by Crippen LogP contribution is -2.41. The standard InChI is InChI=1S/C35H38N2O6S2/c1-40-25-12-13-26(30(19-25)41-2)31-18-24(9-6-14-42-34(39)27(36)16-21-7-4-3-5-8-21)29(43-31)20-32-33(38)37(35(44)45-32)28-17-22-10-11-23(28)15-22/h3-5,7-8,12-13,18-20,22-23,27-28H,6,9-11,14-17,36H2,1-2H3/b32-20-/t22-,23-,27-,28-/m0/s1. The predicted molar refractivity (Wildman–Crippen MR) is 179 cm³/mol. The maximum Gasteiger partial charge on any atom is 0.323 e. The van der Waals surface area contributed by atoms with Crippen LogP contribution in [-0.2, 0) is 27.2 Å². The van der Waals surface area contributed by atoms with Gasteiger partial charge in [-0.1, -0.05) is 60.7 Å². The van der Waals surface area contributed by atoms with Gasteiger partial charge in [0.25, 0.3) is 5.91 Å². The Morgan fingerprint density at radius 3 is 2.67 bits per heavy atom. The Bertz CT molecular complexity index is 1600. The van der Waals surface area contributed by atoms with Crippen LogP contribution in [0.5, 0.6) is 11.5 Å². The summed E-state index contributed by atoms with van der Waals surface area (Å²) in [6.45, 7) is 0.208. The van der Waals surface area contributed by atoms with Gasteiger partial charge in [0.15, 0.2) is 0 Å². The third-order valence-corrected chi connectivity index (χ3v) is 10.4. The average Bonchev–Trinajstić information content (AvgIpc) is 3.84. The van der Waals surface area contributed by atoms with Gasteiger partial charge in [-0.3, -0.25) is 14.5 Å². The number of hydrogen-bond acceptors (Lipinski definition) is 9. The molecule has 3 fully saturated rings. The molecule has 2 aliphatic carbocycles. The van der Waals surface area contributed by atoms with Gasteiger partial charge in [-0.25, -0.2) is 0 Å². The first-order valence-corrected chi connectivity index (χ1v) is 16.7. The number of benzene rings is 2. The fourth-order valence-electron chi connectivity index (χ4n) is 6.80. The Morgan fingerprint density at radius 1 is 1.13 bits per heavy atom. The van der Waals surface area contributed by atoms with Gasteiger partial charge in [0.1, 0.15) is 33.4 Å². The maximum absolute atomic E-state index is 13.7. The molecule has 6 rings (SSSR count). The SMILES string of the molecule is COc1ccc(-c2cc(CCCOC(=O)[C@@H](N)Cc3ccccc3)c(/C=C3\SC(=S)N([C@H]4C[C@H]5CC[C@H]4C5)C3=O)o2)c(OC)c1. The van der Waals surface area contributed by atoms with Crippen LogP contribution in [0, 0.1) is 11.8 Å². The lowest BCUT2D eigenvalue weighted by molar-refractivity contribution is -0.145. The Labute approximate surface area is 273 Å². The van der Waals surface area contributed by atoms with E-state index in [2.05, 4.69) is 0 Å². The molecule has 2 heterocycles. The molecule has 2 saturated carbocycles. The van der Waals surface area contributed by atoms with E-state index in [0.29, 0.717) is 63.3 Å². The van der Waals surface area contributed by atoms with Crippen LogP contribution in [0.1, 0.15) is 49.0 Å². The van der Waals surface area contributed by atoms with Gasteiger partial charge in [0.05, 0.1) is 31.3 Å². The largest absolute Gasteiger partial charge is 0.497 e. The number of methoxy groups -OCH3 is 2. The van der Waals surface area contributed by atoms with Crippen molar-refractivity contribution in [1.29, 1.82) is 0 Å². The molecule has 2 bridgehead atoms. The summed E-state index contributed by atoms with van der Waals surface area (Å²) >= 11 is 7.05. The first-order valence-electron chi connectivity index (χ1n) is 15.4. The second-order valence-electron chi connectivity index (χ2n) is 11.9. The zero-order valence-corrected chi connectivity index (χ0v) is 27.2. The van der Waals surface area contributed by atoms with E-state index < -0.39 is 12.0 Å². The number of hydrogen-bond donors (Lipinski definition) is 1. The molecule has 2 aromatic carbocycles. The highest BCUT2D eigenvalue weighted by molar-refractivity contribution is 8.26. The van der Waals surface area contributed by atoms with Gasteiger partial charge in [-0.05, 0) is 79.7 Å². The number of nitrogens with zero attached hydrogens (tertiary/aromatic N) is 1. The molecule has 0 radical (unpaired) electrons. The first kappa shape index (κ1) is 31.4. The van der Waals surface area contributed by atoms with Crippen LogP contribution < -0.4 is 15.2 Å². The minimum atomic E-state index is -0.733. The van der Waals surface area contributed by atoms with Crippen molar-refractivity contribution >= 4 is 46.3 Å². The number of amides is 1. The number of furan rings is 1. The van der Waals surface area contributed by atoms with Crippen LogP contribution in [0.25, 0.3) is 17.4 Å². The van der Waals surface area contributed by atoms with Crippen molar-refractivity contribution in [2.24, 2.45) is 17.6 Å². The number of ether oxygens (including phenoxy) is 3. The van der Waals surface area contributed by atoms with Crippen LogP contribution >= 0.6 is 24.0 Å². The van der Waals surface area contributed by atoms with E-state index >= 15 is 0 Å². The second-order valence-corrected chi connectivity index (χ2v) is 13.6. The normalized spacial score (nSPS) is 22.3. The van der Waals surface area contributed by atoms with E-state index in [1.165, 1.54) is 31.0 Å². The fourth-order valence-corrected chi connectivity index (χ4v) is 8.15. The van der Waals surface area contributed by atoms with Crippen LogP contribution in [0.2, 0.25) is 0 Å². The van der Waals surface area contributed by atoms with Crippen molar-refractivity contribution in [1.82, 2.24) is 4.90 Å². The molecular weight excluding hydrogens is 609 g/mol. The van der Waals surface area contributed by atoms with Crippen LogP contribution in [0.3, 0.4) is 0 Å². The number of carbonyl (C=O) groups excluding carboxylic acids is 2. The van der Waals surface area contributed by atoms with Gasteiger partial charge in [0, 0.05) is 18.2 Å². The average molecular weight is 647 g/mol. The van der Waals surface area contributed by atoms with Crippen LogP contribution in [0.15, 0.2) is 63.9 Å². The minimum absolute atomic E-state index is 0.0465. The predicted octanol–water partition coefficient (Wildman–Crippen LogP) is 6.40. The summed E-state index contributed by atoms with van der Waals surface area (Å²) < 4.78 is 23.5. The molecule has 10 heteroatoms. The number of carbonyl (C=O) groups is 2. The van der Waals surface area contributed by atoms with E-state index in [1.54, 1.807) is 20.3 Å². The van der Waals surface area contributed by atoms with E-state index in [1.807, 2.05) is 59.5 Å². The number of thiocarbonyl (C=S) groups is 1. The molecule has 1 aliphatic heterocycles. The number of rotatable bonds is 12. The Balaban J connectivity index is 1.19. The number of nitrogens with two attached hydrogens (primary N) is 1. The molecule has 2 N–H and O–H groups in total. The number of thioether (sulfide) groups is 1. The highest BCUT2D eigenvalue weighted by Crippen LogP contribution is 2.49. The van der Waals surface area contributed by atoms with Gasteiger partial charge in [0.2, 0.25) is 0 Å². The summed E-state index contributed by atoms with van der Waals surface area (Å²) in [6.07, 6.45) is 7.98. The topological polar surface area (TPSA) is 104 Å². The quantitative estimate of drug-likeness (QED) is 0.104. The molecule has 0 unspecified atom stereocenters. The summed E-state index contributed by atoms with van der Waals surface area (Å²) in [5, 5.41) is 0. The molecule has 1 aromatic heterocycles. The highest BCUT2D eigenvalue weighted by Gasteiger charge is 2.48. The van der Waals surface area contributed by atoms with Gasteiger partial charge < -0.3 is 24.4 Å². The molecule has 45 heavy (non-hydrogen) atoms. The molecule has 4 atom stereocenters. The van der Waals surface area contributed by atoms with Crippen molar-refractivity contribution < 1.29 is 28.2 Å². The van der Waals surface area contributed by atoms with Gasteiger partial charge in [-0.2, -0.15) is 0 Å². The molecule has 0 spiro atoms. The molecule has 3 aromatic rings. The monoisotopic (exact) mass is 646 g/mol. The van der Waals surface area contributed by atoms with Crippen molar-refractivity contribution in [2.75, 3.05) is 20.8 Å². The molecule has 8 nitrogen and oxygen atoms in total. The zero-order valence-electron chi connectivity index (χ0n) is 25.5. The molecule has 3 aliphatic rings. The molecule has 1 amide bonds. The van der Waals surface area contributed by atoms with Crippen LogP contribution in [0.4, 0.5) is 0 Å². The molecule has 236 valence electrons. The van der Waals surface area contributed by atoms with E-state index in [9.17, 15) is 9.59 Å².